The molecule has 0 unspecified atom stereocenters. The number of hydrogen-bond donors (Lipinski definition) is 0. The van der Waals surface area contributed by atoms with Crippen molar-refractivity contribution in [3.05, 3.63) is 101 Å². The van der Waals surface area contributed by atoms with Gasteiger partial charge in [-0.1, -0.05) is 48.0 Å². The zero-order valence-electron chi connectivity index (χ0n) is 18.4. The summed E-state index contributed by atoms with van der Waals surface area (Å²) in [7, 11) is -7.82. The third kappa shape index (κ3) is 4.61. The first-order valence-electron chi connectivity index (χ1n) is 10.3. The molecule has 0 N–H and O–H groups in total. The van der Waals surface area contributed by atoms with Gasteiger partial charge in [0.15, 0.2) is 11.6 Å². The molecule has 0 saturated heterocycles. The highest BCUT2D eigenvalue weighted by Crippen LogP contribution is 2.28. The SMILES string of the molecule is Cc1ccc(S(=O)(=O)n2cc(CN(Cc3cccc(F)c3F)S(C)(=O)=O)c3ccccc32)cc1. The van der Waals surface area contributed by atoms with Gasteiger partial charge in [-0.15, -0.1) is 0 Å². The highest BCUT2D eigenvalue weighted by Gasteiger charge is 2.25. The first-order valence-corrected chi connectivity index (χ1v) is 13.6. The minimum Gasteiger partial charge on any atom is -0.241 e. The Labute approximate surface area is 197 Å². The number of aryl methyl sites for hydroxylation is 1. The lowest BCUT2D eigenvalue weighted by atomic mass is 10.1. The van der Waals surface area contributed by atoms with Crippen molar-refractivity contribution in [1.29, 1.82) is 0 Å². The van der Waals surface area contributed by atoms with Gasteiger partial charge in [-0.3, -0.25) is 0 Å². The molecule has 1 aromatic heterocycles. The molecule has 4 aromatic rings. The van der Waals surface area contributed by atoms with E-state index in [9.17, 15) is 25.6 Å². The number of sulfonamides is 1. The van der Waals surface area contributed by atoms with Crippen molar-refractivity contribution in [2.24, 2.45) is 0 Å². The molecule has 0 saturated carbocycles. The molecule has 0 atom stereocenters. The number of fused-ring (bicyclic) bond motifs is 1. The van der Waals surface area contributed by atoms with E-state index < -0.39 is 38.2 Å². The number of nitrogens with zero attached hydrogens (tertiary/aromatic N) is 2. The van der Waals surface area contributed by atoms with Crippen LogP contribution in [0.15, 0.2) is 77.8 Å². The fourth-order valence-electron chi connectivity index (χ4n) is 3.71. The smallest absolute Gasteiger partial charge is 0.241 e. The summed E-state index contributed by atoms with van der Waals surface area (Å²) in [5, 5.41) is 0.534. The van der Waals surface area contributed by atoms with E-state index in [1.807, 2.05) is 6.92 Å². The maximum absolute atomic E-state index is 14.2. The Morgan fingerprint density at radius 2 is 1.47 bits per heavy atom. The number of hydrogen-bond acceptors (Lipinski definition) is 4. The molecule has 0 aliphatic heterocycles. The van der Waals surface area contributed by atoms with Crippen LogP contribution in [0, 0.1) is 18.6 Å². The molecule has 3 aromatic carbocycles. The molecule has 0 bridgehead atoms. The van der Waals surface area contributed by atoms with E-state index in [0.717, 1.165) is 26.2 Å². The molecule has 0 aliphatic rings. The summed E-state index contributed by atoms with van der Waals surface area (Å²) in [5.41, 5.74) is 1.57. The van der Waals surface area contributed by atoms with Crippen molar-refractivity contribution in [2.75, 3.05) is 6.26 Å². The molecule has 0 amide bonds. The Bertz CT molecular complexity index is 1580. The summed E-state index contributed by atoms with van der Waals surface area (Å²) in [4.78, 5) is 0.0900. The molecule has 10 heteroatoms. The number of para-hydroxylation sites is 1. The molecule has 178 valence electrons. The summed E-state index contributed by atoms with van der Waals surface area (Å²) >= 11 is 0. The Kier molecular flexibility index (Phi) is 6.32. The monoisotopic (exact) mass is 504 g/mol. The minimum atomic E-state index is -3.96. The zero-order chi connectivity index (χ0) is 24.7. The normalized spacial score (nSPS) is 12.5. The van der Waals surface area contributed by atoms with E-state index in [4.69, 9.17) is 0 Å². The number of benzene rings is 3. The maximum Gasteiger partial charge on any atom is 0.268 e. The summed E-state index contributed by atoms with van der Waals surface area (Å²) in [6.45, 7) is 1.21. The maximum atomic E-state index is 14.2. The number of aromatic nitrogens is 1. The average Bonchev–Trinajstić information content (AvgIpc) is 3.15. The van der Waals surface area contributed by atoms with Crippen LogP contribution < -0.4 is 0 Å². The average molecular weight is 505 g/mol. The summed E-state index contributed by atoms with van der Waals surface area (Å²) < 4.78 is 81.8. The van der Waals surface area contributed by atoms with Crippen LogP contribution in [0.4, 0.5) is 8.78 Å². The van der Waals surface area contributed by atoms with Crippen LogP contribution in [-0.4, -0.2) is 31.4 Å². The van der Waals surface area contributed by atoms with E-state index in [1.54, 1.807) is 36.4 Å². The van der Waals surface area contributed by atoms with Gasteiger partial charge in [0, 0.05) is 30.2 Å². The van der Waals surface area contributed by atoms with Crippen LogP contribution >= 0.6 is 0 Å². The minimum absolute atomic E-state index is 0.0900. The van der Waals surface area contributed by atoms with Crippen molar-refractivity contribution in [3.8, 4) is 0 Å². The number of rotatable bonds is 7. The van der Waals surface area contributed by atoms with Gasteiger partial charge in [0.2, 0.25) is 10.0 Å². The van der Waals surface area contributed by atoms with Gasteiger partial charge in [0.05, 0.1) is 16.7 Å². The molecule has 34 heavy (non-hydrogen) atoms. The van der Waals surface area contributed by atoms with Crippen molar-refractivity contribution in [3.63, 3.8) is 0 Å². The van der Waals surface area contributed by atoms with Gasteiger partial charge in [0.1, 0.15) is 0 Å². The number of halogens is 2. The molecule has 1 heterocycles. The quantitative estimate of drug-likeness (QED) is 0.373. The molecular weight excluding hydrogens is 482 g/mol. The standard InChI is InChI=1S/C24H22F2N2O4S2/c1-17-10-12-20(13-11-17)34(31,32)28-16-19(21-7-3-4-9-23(21)28)15-27(33(2,29)30)14-18-6-5-8-22(25)24(18)26/h3-13,16H,14-15H2,1-2H3. The lowest BCUT2D eigenvalue weighted by Gasteiger charge is -2.20. The van der Waals surface area contributed by atoms with Crippen LogP contribution in [0.25, 0.3) is 10.9 Å². The first kappa shape index (κ1) is 24.1. The topological polar surface area (TPSA) is 76.5 Å². The van der Waals surface area contributed by atoms with Crippen molar-refractivity contribution >= 4 is 30.9 Å². The fourth-order valence-corrected chi connectivity index (χ4v) is 5.85. The van der Waals surface area contributed by atoms with Crippen LogP contribution in [0.5, 0.6) is 0 Å². The predicted octanol–water partition coefficient (Wildman–Crippen LogP) is 4.43. The Hall–Kier alpha value is -3.08. The van der Waals surface area contributed by atoms with Crippen LogP contribution in [0.1, 0.15) is 16.7 Å². The van der Waals surface area contributed by atoms with Gasteiger partial charge in [-0.05, 0) is 36.8 Å². The Balaban J connectivity index is 1.80. The lowest BCUT2D eigenvalue weighted by Crippen LogP contribution is -2.29. The highest BCUT2D eigenvalue weighted by molar-refractivity contribution is 7.90. The van der Waals surface area contributed by atoms with Crippen molar-refractivity contribution in [2.45, 2.75) is 24.9 Å². The summed E-state index contributed by atoms with van der Waals surface area (Å²) in [6.07, 6.45) is 2.34. The third-order valence-electron chi connectivity index (χ3n) is 5.53. The van der Waals surface area contributed by atoms with E-state index in [-0.39, 0.29) is 17.0 Å². The Morgan fingerprint density at radius 3 is 2.15 bits per heavy atom. The van der Waals surface area contributed by atoms with E-state index in [0.29, 0.717) is 16.5 Å². The van der Waals surface area contributed by atoms with Gasteiger partial charge in [-0.25, -0.2) is 29.6 Å². The zero-order valence-corrected chi connectivity index (χ0v) is 20.1. The lowest BCUT2D eigenvalue weighted by molar-refractivity contribution is 0.392. The molecule has 0 radical (unpaired) electrons. The van der Waals surface area contributed by atoms with Crippen LogP contribution in [0.2, 0.25) is 0 Å². The fraction of sp³-hybridized carbons (Fsp3) is 0.167. The van der Waals surface area contributed by atoms with Crippen molar-refractivity contribution < 1.29 is 25.6 Å². The molecule has 6 nitrogen and oxygen atoms in total. The first-order chi connectivity index (χ1) is 16.0. The van der Waals surface area contributed by atoms with E-state index in [2.05, 4.69) is 0 Å². The molecular formula is C24H22F2N2O4S2. The van der Waals surface area contributed by atoms with E-state index in [1.165, 1.54) is 30.5 Å². The molecule has 0 fully saturated rings. The van der Waals surface area contributed by atoms with Gasteiger partial charge < -0.3 is 0 Å². The molecule has 4 rings (SSSR count). The third-order valence-corrected chi connectivity index (χ3v) is 8.42. The largest absolute Gasteiger partial charge is 0.268 e. The second kappa shape index (κ2) is 8.94. The van der Waals surface area contributed by atoms with Gasteiger partial charge in [-0.2, -0.15) is 4.31 Å². The second-order valence-electron chi connectivity index (χ2n) is 8.03. The van der Waals surface area contributed by atoms with Crippen LogP contribution in [-0.2, 0) is 33.1 Å². The van der Waals surface area contributed by atoms with E-state index >= 15 is 0 Å². The Morgan fingerprint density at radius 1 is 0.824 bits per heavy atom. The molecule has 0 spiro atoms. The predicted molar refractivity (Wildman–Crippen MR) is 126 cm³/mol. The summed E-state index contributed by atoms with van der Waals surface area (Å²) in [6, 6.07) is 16.7. The second-order valence-corrected chi connectivity index (χ2v) is 11.8. The van der Waals surface area contributed by atoms with Crippen molar-refractivity contribution in [1.82, 2.24) is 8.28 Å². The van der Waals surface area contributed by atoms with Gasteiger partial charge >= 0.3 is 0 Å². The highest BCUT2D eigenvalue weighted by atomic mass is 32.2. The molecule has 0 aliphatic carbocycles. The summed E-state index contributed by atoms with van der Waals surface area (Å²) in [5.74, 6) is -2.20. The van der Waals surface area contributed by atoms with Crippen LogP contribution in [0.3, 0.4) is 0 Å². The van der Waals surface area contributed by atoms with Gasteiger partial charge in [0.25, 0.3) is 10.0 Å².